The lowest BCUT2D eigenvalue weighted by Crippen LogP contribution is -2.63. The Bertz CT molecular complexity index is 351. The molecular formula is C10H15F3N2O3. The molecule has 0 radical (unpaired) electrons. The summed E-state index contributed by atoms with van der Waals surface area (Å²) in [5.74, 6) is -2.64. The smallest absolute Gasteiger partial charge is 0.415 e. The van der Waals surface area contributed by atoms with Gasteiger partial charge in [-0.15, -0.1) is 0 Å². The van der Waals surface area contributed by atoms with E-state index in [0.29, 0.717) is 19.8 Å². The van der Waals surface area contributed by atoms with E-state index in [4.69, 9.17) is 10.8 Å². The molecule has 1 fully saturated rings. The molecule has 0 aliphatic heterocycles. The van der Waals surface area contributed by atoms with Gasteiger partial charge in [0.05, 0.1) is 6.42 Å². The number of hydrogen-bond donors (Lipinski definition) is 3. The van der Waals surface area contributed by atoms with Crippen LogP contribution in [0.1, 0.15) is 26.2 Å². The van der Waals surface area contributed by atoms with E-state index < -0.39 is 36.1 Å². The van der Waals surface area contributed by atoms with Crippen LogP contribution in [-0.4, -0.2) is 34.7 Å². The molecule has 1 aliphatic carbocycles. The van der Waals surface area contributed by atoms with Gasteiger partial charge in [0.2, 0.25) is 5.91 Å². The highest BCUT2D eigenvalue weighted by molar-refractivity contribution is 5.87. The van der Waals surface area contributed by atoms with Gasteiger partial charge < -0.3 is 16.2 Å². The topological polar surface area (TPSA) is 92.4 Å². The average molecular weight is 268 g/mol. The van der Waals surface area contributed by atoms with E-state index in [1.165, 1.54) is 0 Å². The number of rotatable bonds is 5. The first kappa shape index (κ1) is 14.7. The van der Waals surface area contributed by atoms with Gasteiger partial charge in [-0.1, -0.05) is 0 Å². The summed E-state index contributed by atoms with van der Waals surface area (Å²) in [6, 6.07) is -0.791. The second kappa shape index (κ2) is 4.75. The van der Waals surface area contributed by atoms with Gasteiger partial charge in [0.25, 0.3) is 0 Å². The molecule has 0 aromatic carbocycles. The van der Waals surface area contributed by atoms with Crippen molar-refractivity contribution in [2.45, 2.75) is 43.9 Å². The summed E-state index contributed by atoms with van der Waals surface area (Å²) >= 11 is 0. The molecule has 18 heavy (non-hydrogen) atoms. The molecule has 1 amide bonds. The zero-order valence-corrected chi connectivity index (χ0v) is 9.75. The minimum Gasteiger partial charge on any atom is -0.481 e. The van der Waals surface area contributed by atoms with Crippen molar-refractivity contribution < 1.29 is 27.9 Å². The highest BCUT2D eigenvalue weighted by atomic mass is 19.4. The average Bonchev–Trinajstić information content (AvgIpc) is 2.96. The van der Waals surface area contributed by atoms with E-state index in [1.807, 2.05) is 0 Å². The number of carboxylic acid groups (broad SMARTS) is 1. The van der Waals surface area contributed by atoms with Crippen LogP contribution in [0.3, 0.4) is 0 Å². The molecule has 104 valence electrons. The van der Waals surface area contributed by atoms with E-state index in [1.54, 1.807) is 0 Å². The Morgan fingerprint density at radius 3 is 2.28 bits per heavy atom. The minimum absolute atomic E-state index is 0.0749. The molecule has 2 unspecified atom stereocenters. The fourth-order valence-corrected chi connectivity index (χ4v) is 1.47. The SMILES string of the molecule is CC(N)(C(=O)NC(CC(=O)O)C1CC1)C(F)(F)F. The van der Waals surface area contributed by atoms with Gasteiger partial charge in [-0.2, -0.15) is 13.2 Å². The maximum Gasteiger partial charge on any atom is 0.415 e. The summed E-state index contributed by atoms with van der Waals surface area (Å²) in [4.78, 5) is 22.1. The van der Waals surface area contributed by atoms with E-state index in [2.05, 4.69) is 5.32 Å². The Hall–Kier alpha value is -1.31. The standard InChI is InChI=1S/C10H15F3N2O3/c1-9(14,10(11,12)13)8(18)15-6(4-7(16)17)5-2-3-5/h5-6H,2-4,14H2,1H3,(H,15,18)(H,16,17). The Morgan fingerprint density at radius 1 is 1.44 bits per heavy atom. The minimum atomic E-state index is -4.88. The van der Waals surface area contributed by atoms with E-state index in [-0.39, 0.29) is 5.92 Å². The molecule has 0 heterocycles. The van der Waals surface area contributed by atoms with Crippen LogP contribution in [0.5, 0.6) is 0 Å². The maximum absolute atomic E-state index is 12.5. The molecular weight excluding hydrogens is 253 g/mol. The number of carbonyl (C=O) groups excluding carboxylic acids is 1. The number of halogens is 3. The summed E-state index contributed by atoms with van der Waals surface area (Å²) in [6.45, 7) is 0.563. The van der Waals surface area contributed by atoms with Gasteiger partial charge in [0.15, 0.2) is 5.54 Å². The summed E-state index contributed by atoms with van der Waals surface area (Å²) in [7, 11) is 0. The normalized spacial score (nSPS) is 20.9. The number of amides is 1. The summed E-state index contributed by atoms with van der Waals surface area (Å²) in [6.07, 6.45) is -3.88. The number of alkyl halides is 3. The zero-order chi connectivity index (χ0) is 14.1. The lowest BCUT2D eigenvalue weighted by molar-refractivity contribution is -0.187. The number of aliphatic carboxylic acids is 1. The highest BCUT2D eigenvalue weighted by Gasteiger charge is 2.54. The van der Waals surface area contributed by atoms with Crippen LogP contribution in [0.25, 0.3) is 0 Å². The lowest BCUT2D eigenvalue weighted by atomic mass is 10.00. The number of hydrogen-bond acceptors (Lipinski definition) is 3. The second-order valence-electron chi connectivity index (χ2n) is 4.72. The third kappa shape index (κ3) is 3.34. The first-order valence-corrected chi connectivity index (χ1v) is 5.44. The van der Waals surface area contributed by atoms with Gasteiger partial charge in [0, 0.05) is 6.04 Å². The van der Waals surface area contributed by atoms with E-state index >= 15 is 0 Å². The van der Waals surface area contributed by atoms with Crippen LogP contribution in [-0.2, 0) is 9.59 Å². The van der Waals surface area contributed by atoms with Crippen molar-refractivity contribution in [3.8, 4) is 0 Å². The Morgan fingerprint density at radius 2 is 1.94 bits per heavy atom. The maximum atomic E-state index is 12.5. The van der Waals surface area contributed by atoms with Crippen molar-refractivity contribution in [2.24, 2.45) is 11.7 Å². The van der Waals surface area contributed by atoms with Crippen LogP contribution >= 0.6 is 0 Å². The number of nitrogens with one attached hydrogen (secondary N) is 1. The molecule has 1 rings (SSSR count). The second-order valence-corrected chi connectivity index (χ2v) is 4.72. The van der Waals surface area contributed by atoms with Crippen LogP contribution in [0.2, 0.25) is 0 Å². The predicted molar refractivity (Wildman–Crippen MR) is 55.6 cm³/mol. The van der Waals surface area contributed by atoms with Crippen LogP contribution in [0, 0.1) is 5.92 Å². The fraction of sp³-hybridized carbons (Fsp3) is 0.800. The van der Waals surface area contributed by atoms with Gasteiger partial charge in [-0.3, -0.25) is 9.59 Å². The quantitative estimate of drug-likeness (QED) is 0.682. The predicted octanol–water partition coefficient (Wildman–Crippen LogP) is 0.636. The van der Waals surface area contributed by atoms with Crippen molar-refractivity contribution >= 4 is 11.9 Å². The molecule has 2 atom stereocenters. The van der Waals surface area contributed by atoms with Gasteiger partial charge in [0.1, 0.15) is 0 Å². The first-order chi connectivity index (χ1) is 8.05. The molecule has 4 N–H and O–H groups in total. The monoisotopic (exact) mass is 268 g/mol. The Labute approximate surface area is 102 Å². The third-order valence-electron chi connectivity index (χ3n) is 2.96. The molecule has 5 nitrogen and oxygen atoms in total. The Kier molecular flexibility index (Phi) is 3.89. The van der Waals surface area contributed by atoms with Crippen LogP contribution < -0.4 is 11.1 Å². The number of nitrogens with two attached hydrogens (primary N) is 1. The molecule has 0 spiro atoms. The van der Waals surface area contributed by atoms with Crippen LogP contribution in [0.15, 0.2) is 0 Å². The fourth-order valence-electron chi connectivity index (χ4n) is 1.47. The number of carbonyl (C=O) groups is 2. The summed E-state index contributed by atoms with van der Waals surface area (Å²) in [5, 5.41) is 10.7. The van der Waals surface area contributed by atoms with Gasteiger partial charge in [-0.25, -0.2) is 0 Å². The van der Waals surface area contributed by atoms with Crippen molar-refractivity contribution in [1.82, 2.24) is 5.32 Å². The molecule has 1 saturated carbocycles. The van der Waals surface area contributed by atoms with Crippen molar-refractivity contribution in [2.75, 3.05) is 0 Å². The molecule has 0 aromatic rings. The molecule has 8 heteroatoms. The van der Waals surface area contributed by atoms with Crippen molar-refractivity contribution in [3.05, 3.63) is 0 Å². The van der Waals surface area contributed by atoms with Crippen LogP contribution in [0.4, 0.5) is 13.2 Å². The molecule has 0 saturated heterocycles. The largest absolute Gasteiger partial charge is 0.481 e. The van der Waals surface area contributed by atoms with Gasteiger partial charge >= 0.3 is 12.1 Å². The molecule has 0 bridgehead atoms. The van der Waals surface area contributed by atoms with Crippen molar-refractivity contribution in [3.63, 3.8) is 0 Å². The van der Waals surface area contributed by atoms with Crippen molar-refractivity contribution in [1.29, 1.82) is 0 Å². The summed E-state index contributed by atoms with van der Waals surface area (Å²) in [5.41, 5.74) is 1.94. The molecule has 0 aromatic heterocycles. The molecule has 1 aliphatic rings. The van der Waals surface area contributed by atoms with Gasteiger partial charge in [-0.05, 0) is 25.7 Å². The highest BCUT2D eigenvalue weighted by Crippen LogP contribution is 2.35. The Balaban J connectivity index is 2.69. The third-order valence-corrected chi connectivity index (χ3v) is 2.96. The number of carboxylic acids is 1. The van der Waals surface area contributed by atoms with E-state index in [0.717, 1.165) is 0 Å². The van der Waals surface area contributed by atoms with E-state index in [9.17, 15) is 22.8 Å². The first-order valence-electron chi connectivity index (χ1n) is 5.44. The summed E-state index contributed by atoms with van der Waals surface area (Å²) < 4.78 is 37.5. The zero-order valence-electron chi connectivity index (χ0n) is 9.75. The lowest BCUT2D eigenvalue weighted by Gasteiger charge is -2.28.